The van der Waals surface area contributed by atoms with Crippen molar-refractivity contribution < 1.29 is 4.42 Å². The van der Waals surface area contributed by atoms with Crippen LogP contribution in [0, 0.1) is 0 Å². The molecule has 0 bridgehead atoms. The van der Waals surface area contributed by atoms with Gasteiger partial charge in [-0.3, -0.25) is 0 Å². The van der Waals surface area contributed by atoms with Crippen molar-refractivity contribution in [1.82, 2.24) is 15.0 Å². The van der Waals surface area contributed by atoms with Gasteiger partial charge < -0.3 is 4.42 Å². The number of allylic oxidation sites excluding steroid dienone is 2. The summed E-state index contributed by atoms with van der Waals surface area (Å²) in [6, 6.07) is 58.6. The van der Waals surface area contributed by atoms with Gasteiger partial charge in [-0.25, -0.2) is 15.0 Å². The maximum Gasteiger partial charge on any atom is 0.168 e. The third kappa shape index (κ3) is 6.02. The van der Waals surface area contributed by atoms with E-state index in [2.05, 4.69) is 122 Å². The second-order valence-electron chi connectivity index (χ2n) is 12.8. The van der Waals surface area contributed by atoms with E-state index >= 15 is 0 Å². The summed E-state index contributed by atoms with van der Waals surface area (Å²) in [5, 5.41) is 3.13. The first-order valence-electron chi connectivity index (χ1n) is 17.6. The van der Waals surface area contributed by atoms with Crippen molar-refractivity contribution in [3.05, 3.63) is 194 Å². The molecule has 4 nitrogen and oxygen atoms in total. The van der Waals surface area contributed by atoms with Gasteiger partial charge in [-0.05, 0) is 62.4 Å². The Morgan fingerprint density at radius 2 is 0.943 bits per heavy atom. The molecule has 2 aromatic heterocycles. The highest BCUT2D eigenvalue weighted by molar-refractivity contribution is 6.07. The van der Waals surface area contributed by atoms with Crippen LogP contribution >= 0.6 is 0 Å². The van der Waals surface area contributed by atoms with Crippen LogP contribution in [-0.2, 0) is 0 Å². The van der Waals surface area contributed by atoms with Crippen LogP contribution in [0.5, 0.6) is 0 Å². The summed E-state index contributed by atoms with van der Waals surface area (Å²) in [6.07, 6.45) is 5.56. The highest BCUT2D eigenvalue weighted by atomic mass is 16.3. The summed E-state index contributed by atoms with van der Waals surface area (Å²) in [5.74, 6) is 2.34. The van der Waals surface area contributed by atoms with Crippen molar-refractivity contribution >= 4 is 27.8 Å². The lowest BCUT2D eigenvalue weighted by Crippen LogP contribution is -2.01. The SMILES string of the molecule is C=C/C=C\c1oc2cccc(-c3ccc(-c4ccccc4)cc3)c2c1-c1nc(-c2ccccc2)nc(-c2ccc(-c3ccccc3)c3ccccc23)n1. The molecule has 0 N–H and O–H groups in total. The lowest BCUT2D eigenvalue weighted by molar-refractivity contribution is 0.605. The maximum absolute atomic E-state index is 6.60. The molecule has 7 aromatic carbocycles. The molecule has 9 rings (SSSR count). The fourth-order valence-corrected chi connectivity index (χ4v) is 7.06. The number of furan rings is 1. The van der Waals surface area contributed by atoms with E-state index in [1.54, 1.807) is 6.08 Å². The van der Waals surface area contributed by atoms with Gasteiger partial charge in [-0.1, -0.05) is 176 Å². The first-order valence-corrected chi connectivity index (χ1v) is 17.6. The van der Waals surface area contributed by atoms with Crippen LogP contribution in [0.15, 0.2) is 193 Å². The Morgan fingerprint density at radius 3 is 1.64 bits per heavy atom. The second kappa shape index (κ2) is 13.9. The van der Waals surface area contributed by atoms with E-state index in [-0.39, 0.29) is 0 Å². The molecule has 0 saturated heterocycles. The molecule has 53 heavy (non-hydrogen) atoms. The van der Waals surface area contributed by atoms with Crippen LogP contribution in [0.4, 0.5) is 0 Å². The van der Waals surface area contributed by atoms with Crippen LogP contribution in [0.3, 0.4) is 0 Å². The summed E-state index contributed by atoms with van der Waals surface area (Å²) in [4.78, 5) is 15.6. The Morgan fingerprint density at radius 1 is 0.415 bits per heavy atom. The fourth-order valence-electron chi connectivity index (χ4n) is 7.06. The standard InChI is InChI=1S/C49H33N3O/c1-2-3-25-44-46(45-39(24-15-26-43(45)53-44)36-29-27-34(28-30-36)33-16-7-4-8-17-33)49-51-47(37-20-11-6-12-21-37)50-48(52-49)42-32-31-38(35-18-9-5-10-19-35)40-22-13-14-23-41(40)42/h2-32H,1H2/b25-3-. The molecule has 0 unspecified atom stereocenters. The highest BCUT2D eigenvalue weighted by Gasteiger charge is 2.23. The quantitative estimate of drug-likeness (QED) is 0.150. The van der Waals surface area contributed by atoms with Crippen molar-refractivity contribution in [3.63, 3.8) is 0 Å². The van der Waals surface area contributed by atoms with Crippen molar-refractivity contribution in [2.45, 2.75) is 0 Å². The van der Waals surface area contributed by atoms with Crippen molar-refractivity contribution in [1.29, 1.82) is 0 Å². The molecule has 0 aliphatic heterocycles. The van der Waals surface area contributed by atoms with E-state index in [1.165, 1.54) is 5.56 Å². The zero-order valence-electron chi connectivity index (χ0n) is 28.9. The Labute approximate surface area is 308 Å². The maximum atomic E-state index is 6.60. The Kier molecular flexibility index (Phi) is 8.31. The number of benzene rings is 7. The highest BCUT2D eigenvalue weighted by Crippen LogP contribution is 2.42. The summed E-state index contributed by atoms with van der Waals surface area (Å²) in [6.45, 7) is 3.93. The van der Waals surface area contributed by atoms with Crippen LogP contribution in [0.2, 0.25) is 0 Å². The number of nitrogens with zero attached hydrogens (tertiary/aromatic N) is 3. The van der Waals surface area contributed by atoms with Gasteiger partial charge in [0, 0.05) is 16.5 Å². The van der Waals surface area contributed by atoms with Gasteiger partial charge in [-0.2, -0.15) is 0 Å². The van der Waals surface area contributed by atoms with Crippen LogP contribution < -0.4 is 0 Å². The smallest absolute Gasteiger partial charge is 0.168 e. The molecular formula is C49H33N3O. The van der Waals surface area contributed by atoms with Crippen molar-refractivity contribution in [2.24, 2.45) is 0 Å². The predicted octanol–water partition coefficient (Wildman–Crippen LogP) is 13.0. The number of fused-ring (bicyclic) bond motifs is 2. The predicted molar refractivity (Wildman–Crippen MR) is 219 cm³/mol. The normalized spacial score (nSPS) is 11.4. The first-order chi connectivity index (χ1) is 26.2. The van der Waals surface area contributed by atoms with Crippen LogP contribution in [0.25, 0.3) is 95.4 Å². The van der Waals surface area contributed by atoms with Gasteiger partial charge >= 0.3 is 0 Å². The van der Waals surface area contributed by atoms with Crippen LogP contribution in [0.1, 0.15) is 5.76 Å². The van der Waals surface area contributed by atoms with E-state index in [9.17, 15) is 0 Å². The fraction of sp³-hybridized carbons (Fsp3) is 0. The van der Waals surface area contributed by atoms with Gasteiger partial charge in [0.05, 0.1) is 5.56 Å². The zero-order valence-corrected chi connectivity index (χ0v) is 28.9. The average Bonchev–Trinajstić information content (AvgIpc) is 3.62. The molecular weight excluding hydrogens is 647 g/mol. The zero-order chi connectivity index (χ0) is 35.6. The van der Waals surface area contributed by atoms with Crippen molar-refractivity contribution in [3.8, 4) is 67.5 Å². The largest absolute Gasteiger partial charge is 0.456 e. The molecule has 0 fully saturated rings. The topological polar surface area (TPSA) is 51.8 Å². The molecule has 0 saturated carbocycles. The average molecular weight is 680 g/mol. The summed E-state index contributed by atoms with van der Waals surface area (Å²) in [5.41, 5.74) is 10.1. The number of hydrogen-bond donors (Lipinski definition) is 0. The van der Waals surface area contributed by atoms with Gasteiger partial charge in [-0.15, -0.1) is 0 Å². The molecule has 0 atom stereocenters. The molecule has 2 heterocycles. The van der Waals surface area contributed by atoms with Gasteiger partial charge in [0.1, 0.15) is 11.3 Å². The van der Waals surface area contributed by atoms with E-state index in [0.29, 0.717) is 23.2 Å². The lowest BCUT2D eigenvalue weighted by atomic mass is 9.94. The van der Waals surface area contributed by atoms with Crippen LogP contribution in [-0.4, -0.2) is 15.0 Å². The van der Waals surface area contributed by atoms with E-state index in [1.807, 2.05) is 66.7 Å². The van der Waals surface area contributed by atoms with E-state index < -0.39 is 0 Å². The number of hydrogen-bond acceptors (Lipinski definition) is 4. The monoisotopic (exact) mass is 679 g/mol. The molecule has 250 valence electrons. The molecule has 0 amide bonds. The molecule has 4 heteroatoms. The molecule has 0 aliphatic carbocycles. The second-order valence-corrected chi connectivity index (χ2v) is 12.8. The van der Waals surface area contributed by atoms with Gasteiger partial charge in [0.15, 0.2) is 17.5 Å². The Hall–Kier alpha value is -7.17. The number of rotatable bonds is 8. The minimum Gasteiger partial charge on any atom is -0.456 e. The Bertz CT molecular complexity index is 2770. The lowest BCUT2D eigenvalue weighted by Gasteiger charge is -2.13. The summed E-state index contributed by atoms with van der Waals surface area (Å²) in [7, 11) is 0. The third-order valence-electron chi connectivity index (χ3n) is 9.57. The van der Waals surface area contributed by atoms with E-state index in [4.69, 9.17) is 19.4 Å². The Balaban J connectivity index is 1.29. The molecule has 0 spiro atoms. The molecule has 0 aliphatic rings. The summed E-state index contributed by atoms with van der Waals surface area (Å²) < 4.78 is 6.60. The van der Waals surface area contributed by atoms with Crippen molar-refractivity contribution in [2.75, 3.05) is 0 Å². The minimum absolute atomic E-state index is 0.529. The summed E-state index contributed by atoms with van der Waals surface area (Å²) >= 11 is 0. The third-order valence-corrected chi connectivity index (χ3v) is 9.57. The van der Waals surface area contributed by atoms with Gasteiger partial charge in [0.2, 0.25) is 0 Å². The van der Waals surface area contributed by atoms with E-state index in [0.717, 1.165) is 66.2 Å². The molecule has 9 aromatic rings. The first kappa shape index (κ1) is 31.8. The minimum atomic E-state index is 0.529. The number of aromatic nitrogens is 3. The van der Waals surface area contributed by atoms with Gasteiger partial charge in [0.25, 0.3) is 0 Å². The molecule has 0 radical (unpaired) electrons.